The quantitative estimate of drug-likeness (QED) is 0.301. The Morgan fingerprint density at radius 3 is 2.65 bits per heavy atom. The number of hydrogen-bond donors (Lipinski definition) is 4. The van der Waals surface area contributed by atoms with E-state index in [0.717, 1.165) is 32.4 Å². The molecule has 2 aliphatic rings. The Bertz CT molecular complexity index is 776. The zero-order valence-electron chi connectivity index (χ0n) is 18.4. The fourth-order valence-corrected chi connectivity index (χ4v) is 4.30. The third kappa shape index (κ3) is 6.60. The standard InChI is InChI=1S/C23H35N5O3/c1-2-24-23(26-14-13-25-21(30)19-10-6-7-11-20(19)29)27-18-12-15-28(16-18)22(31)17-8-4-3-5-9-17/h6-7,10-11,17-18,29H,2-5,8-9,12-16H2,1H3,(H,25,30)(H2,24,26,27). The zero-order valence-corrected chi connectivity index (χ0v) is 18.4. The number of hydrogen-bond acceptors (Lipinski definition) is 4. The van der Waals surface area contributed by atoms with Crippen molar-refractivity contribution < 1.29 is 14.7 Å². The summed E-state index contributed by atoms with van der Waals surface area (Å²) in [4.78, 5) is 31.5. The van der Waals surface area contributed by atoms with E-state index in [4.69, 9.17) is 0 Å². The lowest BCUT2D eigenvalue weighted by atomic mass is 9.88. The van der Waals surface area contributed by atoms with Gasteiger partial charge < -0.3 is 26.0 Å². The average Bonchev–Trinajstić information content (AvgIpc) is 3.25. The Balaban J connectivity index is 1.44. The highest BCUT2D eigenvalue weighted by Crippen LogP contribution is 2.26. The number of likely N-dealkylation sites (tertiary alicyclic amines) is 1. The summed E-state index contributed by atoms with van der Waals surface area (Å²) in [6, 6.07) is 6.65. The fraction of sp³-hybridized carbons (Fsp3) is 0.609. The third-order valence-corrected chi connectivity index (χ3v) is 5.96. The Morgan fingerprint density at radius 2 is 1.90 bits per heavy atom. The van der Waals surface area contributed by atoms with Crippen LogP contribution in [0.4, 0.5) is 0 Å². The molecular formula is C23H35N5O3. The molecule has 8 heteroatoms. The highest BCUT2D eigenvalue weighted by Gasteiger charge is 2.31. The monoisotopic (exact) mass is 429 g/mol. The van der Waals surface area contributed by atoms with Crippen molar-refractivity contribution in [1.29, 1.82) is 0 Å². The molecule has 2 fully saturated rings. The number of rotatable bonds is 7. The summed E-state index contributed by atoms with van der Waals surface area (Å²) in [5, 5.41) is 19.2. The maximum absolute atomic E-state index is 12.8. The second-order valence-electron chi connectivity index (χ2n) is 8.28. The van der Waals surface area contributed by atoms with Gasteiger partial charge in [-0.3, -0.25) is 14.6 Å². The van der Waals surface area contributed by atoms with Crippen LogP contribution in [0.2, 0.25) is 0 Å². The summed E-state index contributed by atoms with van der Waals surface area (Å²) >= 11 is 0. The number of nitrogens with zero attached hydrogens (tertiary/aromatic N) is 2. The molecule has 1 unspecified atom stereocenters. The van der Waals surface area contributed by atoms with Crippen LogP contribution in [0.1, 0.15) is 55.8 Å². The van der Waals surface area contributed by atoms with Crippen molar-refractivity contribution >= 4 is 17.8 Å². The van der Waals surface area contributed by atoms with Crippen LogP contribution in [0, 0.1) is 5.92 Å². The Hall–Kier alpha value is -2.77. The molecule has 0 aromatic heterocycles. The maximum Gasteiger partial charge on any atom is 0.255 e. The summed E-state index contributed by atoms with van der Waals surface area (Å²) in [5.41, 5.74) is 0.255. The van der Waals surface area contributed by atoms with Crippen molar-refractivity contribution in [3.8, 4) is 5.75 Å². The molecule has 170 valence electrons. The Kier molecular flexibility index (Phi) is 8.55. The molecule has 1 aromatic carbocycles. The normalized spacial score (nSPS) is 19.8. The van der Waals surface area contributed by atoms with Gasteiger partial charge in [-0.25, -0.2) is 0 Å². The first kappa shape index (κ1) is 22.9. The van der Waals surface area contributed by atoms with Crippen molar-refractivity contribution in [3.63, 3.8) is 0 Å². The molecule has 31 heavy (non-hydrogen) atoms. The van der Waals surface area contributed by atoms with Gasteiger partial charge >= 0.3 is 0 Å². The number of aliphatic imine (C=N–C) groups is 1. The van der Waals surface area contributed by atoms with E-state index in [0.29, 0.717) is 31.5 Å². The fourth-order valence-electron chi connectivity index (χ4n) is 4.30. The minimum atomic E-state index is -0.320. The number of nitrogens with one attached hydrogen (secondary N) is 3. The van der Waals surface area contributed by atoms with Crippen molar-refractivity contribution in [2.45, 2.75) is 51.5 Å². The summed E-state index contributed by atoms with van der Waals surface area (Å²) < 4.78 is 0. The molecule has 0 spiro atoms. The number of guanidine groups is 1. The van der Waals surface area contributed by atoms with Crippen molar-refractivity contribution in [2.75, 3.05) is 32.7 Å². The molecule has 0 bridgehead atoms. The van der Waals surface area contributed by atoms with Crippen LogP contribution in [0.5, 0.6) is 5.75 Å². The van der Waals surface area contributed by atoms with Gasteiger partial charge in [0.1, 0.15) is 5.75 Å². The van der Waals surface area contributed by atoms with Gasteiger partial charge in [-0.05, 0) is 38.3 Å². The number of phenols is 1. The number of carbonyl (C=O) groups is 2. The predicted octanol–water partition coefficient (Wildman–Crippen LogP) is 1.86. The molecule has 2 amide bonds. The van der Waals surface area contributed by atoms with Crippen LogP contribution in [-0.2, 0) is 4.79 Å². The van der Waals surface area contributed by atoms with Crippen LogP contribution in [0.15, 0.2) is 29.3 Å². The maximum atomic E-state index is 12.8. The van der Waals surface area contributed by atoms with Gasteiger partial charge in [0.05, 0.1) is 12.1 Å². The lowest BCUT2D eigenvalue weighted by Gasteiger charge is -2.26. The number of para-hydroxylation sites is 1. The lowest BCUT2D eigenvalue weighted by molar-refractivity contribution is -0.135. The Labute approximate surface area is 184 Å². The van der Waals surface area contributed by atoms with Crippen LogP contribution in [0.3, 0.4) is 0 Å². The first-order valence-electron chi connectivity index (χ1n) is 11.5. The number of amides is 2. The minimum Gasteiger partial charge on any atom is -0.507 e. The average molecular weight is 430 g/mol. The van der Waals surface area contributed by atoms with Crippen LogP contribution < -0.4 is 16.0 Å². The molecule has 1 atom stereocenters. The van der Waals surface area contributed by atoms with Crippen molar-refractivity contribution in [1.82, 2.24) is 20.9 Å². The molecule has 1 heterocycles. The summed E-state index contributed by atoms with van der Waals surface area (Å²) in [6.45, 7) is 5.01. The molecule has 1 saturated carbocycles. The van der Waals surface area contributed by atoms with E-state index in [2.05, 4.69) is 20.9 Å². The van der Waals surface area contributed by atoms with Crippen molar-refractivity contribution in [2.24, 2.45) is 10.9 Å². The van der Waals surface area contributed by atoms with Gasteiger partial charge in [0.2, 0.25) is 5.91 Å². The molecular weight excluding hydrogens is 394 g/mol. The summed E-state index contributed by atoms with van der Waals surface area (Å²) in [5.74, 6) is 0.863. The number of phenolic OH excluding ortho intramolecular Hbond substituents is 1. The molecule has 3 rings (SSSR count). The van der Waals surface area contributed by atoms with Gasteiger partial charge in [0.25, 0.3) is 5.91 Å². The predicted molar refractivity (Wildman–Crippen MR) is 121 cm³/mol. The van der Waals surface area contributed by atoms with Crippen LogP contribution in [0.25, 0.3) is 0 Å². The second kappa shape index (κ2) is 11.6. The first-order chi connectivity index (χ1) is 15.1. The number of benzene rings is 1. The summed E-state index contributed by atoms with van der Waals surface area (Å²) in [6.07, 6.45) is 6.57. The van der Waals surface area contributed by atoms with Gasteiger partial charge in [0.15, 0.2) is 5.96 Å². The molecule has 0 radical (unpaired) electrons. The van der Waals surface area contributed by atoms with E-state index in [9.17, 15) is 14.7 Å². The van der Waals surface area contributed by atoms with Gasteiger partial charge in [0, 0.05) is 38.1 Å². The molecule has 1 saturated heterocycles. The van der Waals surface area contributed by atoms with E-state index < -0.39 is 0 Å². The summed E-state index contributed by atoms with van der Waals surface area (Å²) in [7, 11) is 0. The molecule has 8 nitrogen and oxygen atoms in total. The molecule has 1 aliphatic carbocycles. The van der Waals surface area contributed by atoms with Gasteiger partial charge in [-0.15, -0.1) is 0 Å². The number of carbonyl (C=O) groups excluding carboxylic acids is 2. The molecule has 1 aliphatic heterocycles. The van der Waals surface area contributed by atoms with Crippen molar-refractivity contribution in [3.05, 3.63) is 29.8 Å². The largest absolute Gasteiger partial charge is 0.507 e. The zero-order chi connectivity index (χ0) is 22.1. The van der Waals surface area contributed by atoms with Gasteiger partial charge in [-0.1, -0.05) is 31.4 Å². The Morgan fingerprint density at radius 1 is 1.13 bits per heavy atom. The highest BCUT2D eigenvalue weighted by molar-refractivity contribution is 5.96. The van der Waals surface area contributed by atoms with E-state index in [1.807, 2.05) is 11.8 Å². The second-order valence-corrected chi connectivity index (χ2v) is 8.28. The molecule has 1 aromatic rings. The lowest BCUT2D eigenvalue weighted by Crippen LogP contribution is -2.46. The topological polar surface area (TPSA) is 106 Å². The van der Waals surface area contributed by atoms with Gasteiger partial charge in [-0.2, -0.15) is 0 Å². The number of aromatic hydroxyl groups is 1. The molecule has 4 N–H and O–H groups in total. The van der Waals surface area contributed by atoms with E-state index in [1.165, 1.54) is 25.3 Å². The van der Waals surface area contributed by atoms with E-state index in [-0.39, 0.29) is 29.2 Å². The van der Waals surface area contributed by atoms with Crippen LogP contribution >= 0.6 is 0 Å². The highest BCUT2D eigenvalue weighted by atomic mass is 16.3. The third-order valence-electron chi connectivity index (χ3n) is 5.96. The first-order valence-corrected chi connectivity index (χ1v) is 11.5. The van der Waals surface area contributed by atoms with Crippen LogP contribution in [-0.4, -0.2) is 66.5 Å². The minimum absolute atomic E-state index is 0.0351. The smallest absolute Gasteiger partial charge is 0.255 e. The van der Waals surface area contributed by atoms with E-state index in [1.54, 1.807) is 18.2 Å². The SMILES string of the molecule is CCNC(=NCCNC(=O)c1ccccc1O)NC1CCN(C(=O)C2CCCCC2)C1. The van der Waals surface area contributed by atoms with E-state index >= 15 is 0 Å².